The molecular weight excluding hydrogens is 408 g/mol. The van der Waals surface area contributed by atoms with Gasteiger partial charge in [0, 0.05) is 35.6 Å². The number of halogens is 1. The predicted molar refractivity (Wildman–Crippen MR) is 125 cm³/mol. The molecule has 4 rings (SSSR count). The summed E-state index contributed by atoms with van der Waals surface area (Å²) in [6.07, 6.45) is 3.47. The number of carbonyl (C=O) groups is 1. The van der Waals surface area contributed by atoms with Crippen LogP contribution in [-0.2, 0) is 13.1 Å². The van der Waals surface area contributed by atoms with E-state index in [-0.39, 0.29) is 6.03 Å². The second kappa shape index (κ2) is 9.14. The van der Waals surface area contributed by atoms with Crippen molar-refractivity contribution in [2.24, 2.45) is 0 Å². The van der Waals surface area contributed by atoms with Crippen molar-refractivity contribution in [2.45, 2.75) is 26.9 Å². The maximum atomic E-state index is 13.1. The first-order valence-corrected chi connectivity index (χ1v) is 10.4. The third kappa shape index (κ3) is 5.01. The highest BCUT2D eigenvalue weighted by atomic mass is 35.5. The van der Waals surface area contributed by atoms with E-state index in [1.165, 1.54) is 11.1 Å². The molecule has 6 heteroatoms. The molecule has 2 amide bonds. The lowest BCUT2D eigenvalue weighted by Gasteiger charge is -2.24. The van der Waals surface area contributed by atoms with Gasteiger partial charge in [-0.3, -0.25) is 4.98 Å². The number of hydrogen-bond donors (Lipinski definition) is 1. The van der Waals surface area contributed by atoms with Crippen molar-refractivity contribution in [3.63, 3.8) is 0 Å². The van der Waals surface area contributed by atoms with Crippen LogP contribution < -0.4 is 5.32 Å². The van der Waals surface area contributed by atoms with Crippen LogP contribution in [0.3, 0.4) is 0 Å². The Morgan fingerprint density at radius 3 is 2.52 bits per heavy atom. The second-order valence-corrected chi connectivity index (χ2v) is 7.94. The quantitative estimate of drug-likeness (QED) is 0.387. The smallest absolute Gasteiger partial charge is 0.316 e. The van der Waals surface area contributed by atoms with Crippen LogP contribution in [0.1, 0.15) is 22.3 Å². The van der Waals surface area contributed by atoms with Gasteiger partial charge in [-0.1, -0.05) is 35.9 Å². The molecule has 0 saturated heterocycles. The molecule has 5 nitrogen and oxygen atoms in total. The van der Waals surface area contributed by atoms with E-state index in [2.05, 4.69) is 35.2 Å². The zero-order valence-corrected chi connectivity index (χ0v) is 18.2. The summed E-state index contributed by atoms with van der Waals surface area (Å²) < 4.78 is 0. The number of rotatable bonds is 5. The maximum Gasteiger partial charge on any atom is 0.322 e. The predicted octanol–water partition coefficient (Wildman–Crippen LogP) is 6.13. The van der Waals surface area contributed by atoms with E-state index in [4.69, 9.17) is 11.6 Å². The number of urea groups is 1. The van der Waals surface area contributed by atoms with Gasteiger partial charge < -0.3 is 10.2 Å². The fourth-order valence-electron chi connectivity index (χ4n) is 3.41. The Balaban J connectivity index is 1.65. The number of para-hydroxylation sites is 1. The molecule has 0 radical (unpaired) electrons. The number of hydrogen-bond acceptors (Lipinski definition) is 3. The van der Waals surface area contributed by atoms with Crippen molar-refractivity contribution in [3.8, 4) is 0 Å². The summed E-state index contributed by atoms with van der Waals surface area (Å²) in [5.74, 6) is 0. The third-order valence-electron chi connectivity index (χ3n) is 5.23. The van der Waals surface area contributed by atoms with Crippen molar-refractivity contribution in [3.05, 3.63) is 100 Å². The Bertz CT molecular complexity index is 1210. The molecule has 0 saturated carbocycles. The molecule has 0 spiro atoms. The van der Waals surface area contributed by atoms with E-state index in [0.717, 1.165) is 27.7 Å². The third-order valence-corrected chi connectivity index (χ3v) is 5.55. The molecule has 0 fully saturated rings. The summed E-state index contributed by atoms with van der Waals surface area (Å²) in [5, 5.41) is 4.37. The Morgan fingerprint density at radius 2 is 1.77 bits per heavy atom. The van der Waals surface area contributed by atoms with Crippen LogP contribution in [0.4, 0.5) is 10.5 Å². The van der Waals surface area contributed by atoms with Gasteiger partial charge in [0.05, 0.1) is 12.1 Å². The fourth-order valence-corrected chi connectivity index (χ4v) is 3.62. The fraction of sp³-hybridized carbons (Fsp3) is 0.160. The van der Waals surface area contributed by atoms with Gasteiger partial charge in [0.2, 0.25) is 0 Å². The molecule has 1 N–H and O–H groups in total. The Morgan fingerprint density at radius 1 is 1.00 bits per heavy atom. The van der Waals surface area contributed by atoms with Crippen LogP contribution in [0.5, 0.6) is 0 Å². The molecule has 4 aromatic rings. The molecule has 0 unspecified atom stereocenters. The van der Waals surface area contributed by atoms with Gasteiger partial charge in [-0.15, -0.1) is 0 Å². The summed E-state index contributed by atoms with van der Waals surface area (Å²) >= 11 is 6.53. The van der Waals surface area contributed by atoms with Crippen LogP contribution in [0.25, 0.3) is 10.9 Å². The maximum absolute atomic E-state index is 13.1. The van der Waals surface area contributed by atoms with Crippen molar-refractivity contribution in [1.29, 1.82) is 0 Å². The average Bonchev–Trinajstić information content (AvgIpc) is 2.76. The Labute approximate surface area is 186 Å². The van der Waals surface area contributed by atoms with Crippen molar-refractivity contribution < 1.29 is 4.79 Å². The lowest BCUT2D eigenvalue weighted by Crippen LogP contribution is -2.34. The molecule has 0 aliphatic carbocycles. The molecular formula is C25H23ClN4O. The van der Waals surface area contributed by atoms with E-state index in [9.17, 15) is 4.79 Å². The summed E-state index contributed by atoms with van der Waals surface area (Å²) in [7, 11) is 0. The van der Waals surface area contributed by atoms with Gasteiger partial charge in [0.15, 0.2) is 0 Å². The highest BCUT2D eigenvalue weighted by Crippen LogP contribution is 2.25. The Kier molecular flexibility index (Phi) is 6.14. The van der Waals surface area contributed by atoms with Crippen molar-refractivity contribution in [2.75, 3.05) is 5.32 Å². The normalized spacial score (nSPS) is 10.8. The van der Waals surface area contributed by atoms with E-state index < -0.39 is 0 Å². The van der Waals surface area contributed by atoms with E-state index in [1.54, 1.807) is 17.3 Å². The van der Waals surface area contributed by atoms with Gasteiger partial charge >= 0.3 is 6.03 Å². The number of nitrogens with one attached hydrogen (secondary N) is 1. The number of amides is 2. The van der Waals surface area contributed by atoms with E-state index in [0.29, 0.717) is 18.2 Å². The molecule has 0 bridgehead atoms. The Hall–Kier alpha value is -3.44. The van der Waals surface area contributed by atoms with Crippen LogP contribution in [0, 0.1) is 13.8 Å². The van der Waals surface area contributed by atoms with E-state index >= 15 is 0 Å². The summed E-state index contributed by atoms with van der Waals surface area (Å²) in [4.78, 5) is 23.6. The number of aromatic nitrogens is 2. The summed E-state index contributed by atoms with van der Waals surface area (Å²) in [5.41, 5.74) is 5.68. The number of pyridine rings is 2. The van der Waals surface area contributed by atoms with Crippen LogP contribution in [0.15, 0.2) is 73.1 Å². The first kappa shape index (κ1) is 20.8. The molecule has 156 valence electrons. The number of fused-ring (bicyclic) bond motifs is 1. The topological polar surface area (TPSA) is 58.1 Å². The highest BCUT2D eigenvalue weighted by molar-refractivity contribution is 6.30. The monoisotopic (exact) mass is 430 g/mol. The zero-order chi connectivity index (χ0) is 21.8. The molecule has 2 aromatic carbocycles. The number of benzene rings is 2. The van der Waals surface area contributed by atoms with Gasteiger partial charge in [-0.2, -0.15) is 0 Å². The molecule has 0 atom stereocenters. The minimum absolute atomic E-state index is 0.216. The van der Waals surface area contributed by atoms with Gasteiger partial charge in [0.1, 0.15) is 5.15 Å². The molecule has 0 aliphatic heterocycles. The van der Waals surface area contributed by atoms with Gasteiger partial charge in [0.25, 0.3) is 0 Å². The number of nitrogens with zero attached hydrogens (tertiary/aromatic N) is 3. The second-order valence-electron chi connectivity index (χ2n) is 7.58. The number of anilines is 1. The van der Waals surface area contributed by atoms with Gasteiger partial charge in [-0.25, -0.2) is 9.78 Å². The molecule has 0 aliphatic rings. The average molecular weight is 431 g/mol. The van der Waals surface area contributed by atoms with E-state index in [1.807, 2.05) is 54.6 Å². The van der Waals surface area contributed by atoms with Crippen molar-refractivity contribution in [1.82, 2.24) is 14.9 Å². The van der Waals surface area contributed by atoms with Gasteiger partial charge in [-0.05, 0) is 66.9 Å². The largest absolute Gasteiger partial charge is 0.322 e. The summed E-state index contributed by atoms with van der Waals surface area (Å²) in [6, 6.07) is 19.1. The van der Waals surface area contributed by atoms with Crippen LogP contribution in [0.2, 0.25) is 5.15 Å². The first-order valence-electron chi connectivity index (χ1n) is 10.1. The standard InChI is InChI=1S/C25H23ClN4O/c1-17-11-20-13-21(24(26)29-23(20)12-18(17)2)16-30(15-19-7-6-10-27-14-19)25(31)28-22-8-4-3-5-9-22/h3-14H,15-16H2,1-2H3,(H,28,31). The zero-order valence-electron chi connectivity index (χ0n) is 17.5. The minimum Gasteiger partial charge on any atom is -0.316 e. The molecule has 2 heterocycles. The van der Waals surface area contributed by atoms with Crippen LogP contribution in [-0.4, -0.2) is 20.9 Å². The SMILES string of the molecule is Cc1cc2cc(CN(Cc3cccnc3)C(=O)Nc3ccccc3)c(Cl)nc2cc1C. The van der Waals surface area contributed by atoms with Crippen molar-refractivity contribution >= 4 is 34.2 Å². The molecule has 2 aromatic heterocycles. The molecule has 31 heavy (non-hydrogen) atoms. The lowest BCUT2D eigenvalue weighted by molar-refractivity contribution is 0.206. The summed E-state index contributed by atoms with van der Waals surface area (Å²) in [6.45, 7) is 4.85. The minimum atomic E-state index is -0.216. The first-order chi connectivity index (χ1) is 15.0. The van der Waals surface area contributed by atoms with Crippen LogP contribution >= 0.6 is 11.6 Å². The highest BCUT2D eigenvalue weighted by Gasteiger charge is 2.18. The number of carbonyl (C=O) groups excluding carboxylic acids is 1. The number of aryl methyl sites for hydroxylation is 2. The lowest BCUT2D eigenvalue weighted by atomic mass is 10.0.